The molecule has 1 heterocycles. The van der Waals surface area contributed by atoms with Crippen LogP contribution in [0.1, 0.15) is 25.6 Å². The summed E-state index contributed by atoms with van der Waals surface area (Å²) in [4.78, 5) is 20.6. The van der Waals surface area contributed by atoms with Crippen molar-refractivity contribution in [1.82, 2.24) is 15.3 Å². The van der Waals surface area contributed by atoms with Crippen LogP contribution in [-0.2, 0) is 0 Å². The smallest absolute Gasteiger partial charge is 0.252 e. The van der Waals surface area contributed by atoms with Crippen LogP contribution in [0.2, 0.25) is 0 Å². The summed E-state index contributed by atoms with van der Waals surface area (Å²) in [6, 6.07) is 1.53. The lowest BCUT2D eigenvalue weighted by Gasteiger charge is -2.18. The Labute approximate surface area is 95.9 Å². The topological polar surface area (TPSA) is 61.0 Å². The summed E-state index contributed by atoms with van der Waals surface area (Å²) in [6.45, 7) is 5.71. The van der Waals surface area contributed by atoms with Gasteiger partial charge < -0.3 is 15.2 Å². The minimum absolute atomic E-state index is 0.0926. The molecule has 1 rings (SSSR count). The largest absolute Gasteiger partial charge is 0.358 e. The number of anilines is 1. The Kier molecular flexibility index (Phi) is 4.49. The first-order chi connectivity index (χ1) is 7.54. The van der Waals surface area contributed by atoms with Crippen molar-refractivity contribution in [2.75, 3.05) is 32.1 Å². The molecule has 0 saturated carbocycles. The molecule has 2 N–H and O–H groups in total. The Morgan fingerprint density at radius 3 is 2.81 bits per heavy atom. The second-order valence-corrected chi connectivity index (χ2v) is 4.17. The first kappa shape index (κ1) is 12.7. The van der Waals surface area contributed by atoms with Gasteiger partial charge in [-0.1, -0.05) is 13.8 Å². The van der Waals surface area contributed by atoms with Crippen LogP contribution in [0.25, 0.3) is 0 Å². The number of H-pyrrole nitrogens is 1. The van der Waals surface area contributed by atoms with E-state index in [0.717, 1.165) is 24.7 Å². The van der Waals surface area contributed by atoms with Gasteiger partial charge in [0, 0.05) is 32.1 Å². The van der Waals surface area contributed by atoms with E-state index in [0.29, 0.717) is 0 Å². The highest BCUT2D eigenvalue weighted by Gasteiger charge is 2.08. The van der Waals surface area contributed by atoms with Crippen molar-refractivity contribution in [2.45, 2.75) is 19.8 Å². The Bertz CT molecular complexity index is 386. The average molecular weight is 224 g/mol. The first-order valence-corrected chi connectivity index (χ1v) is 5.51. The fourth-order valence-electron chi connectivity index (χ4n) is 1.33. The van der Waals surface area contributed by atoms with E-state index in [4.69, 9.17) is 0 Å². The maximum Gasteiger partial charge on any atom is 0.252 e. The monoisotopic (exact) mass is 224 g/mol. The number of rotatable bonds is 5. The van der Waals surface area contributed by atoms with Crippen molar-refractivity contribution < 1.29 is 0 Å². The molecular weight excluding hydrogens is 204 g/mol. The fourth-order valence-corrected chi connectivity index (χ4v) is 1.33. The SMILES string of the molecule is CNCCN(C)c1cc(=O)[nH]c(C(C)C)n1. The minimum atomic E-state index is -0.0926. The van der Waals surface area contributed by atoms with Gasteiger partial charge in [-0.15, -0.1) is 0 Å². The highest BCUT2D eigenvalue weighted by atomic mass is 16.1. The van der Waals surface area contributed by atoms with Gasteiger partial charge in [0.05, 0.1) is 0 Å². The van der Waals surface area contributed by atoms with E-state index < -0.39 is 0 Å². The average Bonchev–Trinajstić information content (AvgIpc) is 2.24. The molecule has 0 radical (unpaired) electrons. The summed E-state index contributed by atoms with van der Waals surface area (Å²) in [5.41, 5.74) is -0.0926. The second-order valence-electron chi connectivity index (χ2n) is 4.17. The van der Waals surface area contributed by atoms with Crippen LogP contribution in [0.3, 0.4) is 0 Å². The van der Waals surface area contributed by atoms with Gasteiger partial charge in [0.15, 0.2) is 0 Å². The van der Waals surface area contributed by atoms with E-state index in [-0.39, 0.29) is 11.5 Å². The summed E-state index contributed by atoms with van der Waals surface area (Å²) < 4.78 is 0. The summed E-state index contributed by atoms with van der Waals surface area (Å²) in [5.74, 6) is 1.69. The number of nitrogens with zero attached hydrogens (tertiary/aromatic N) is 2. The molecule has 5 heteroatoms. The quantitative estimate of drug-likeness (QED) is 0.766. The zero-order valence-corrected chi connectivity index (χ0v) is 10.4. The van der Waals surface area contributed by atoms with Gasteiger partial charge in [-0.3, -0.25) is 4.79 Å². The summed E-state index contributed by atoms with van der Waals surface area (Å²) in [7, 11) is 3.84. The molecule has 0 unspecified atom stereocenters. The molecule has 0 atom stereocenters. The molecule has 0 saturated heterocycles. The normalized spacial score (nSPS) is 10.8. The summed E-state index contributed by atoms with van der Waals surface area (Å²) >= 11 is 0. The third-order valence-corrected chi connectivity index (χ3v) is 2.38. The molecule has 0 aliphatic rings. The Morgan fingerprint density at radius 1 is 1.56 bits per heavy atom. The molecule has 0 aliphatic heterocycles. The van der Waals surface area contributed by atoms with E-state index in [1.54, 1.807) is 0 Å². The molecule has 0 bridgehead atoms. The molecular formula is C11H20N4O. The predicted molar refractivity (Wildman–Crippen MR) is 66.1 cm³/mol. The summed E-state index contributed by atoms with van der Waals surface area (Å²) in [6.07, 6.45) is 0. The number of hydrogen-bond acceptors (Lipinski definition) is 4. The van der Waals surface area contributed by atoms with Gasteiger partial charge in [0.2, 0.25) is 0 Å². The van der Waals surface area contributed by atoms with E-state index in [1.165, 1.54) is 6.07 Å². The van der Waals surface area contributed by atoms with Crippen LogP contribution in [0.5, 0.6) is 0 Å². The van der Waals surface area contributed by atoms with E-state index in [1.807, 2.05) is 32.8 Å². The van der Waals surface area contributed by atoms with Crippen molar-refractivity contribution >= 4 is 5.82 Å². The molecule has 5 nitrogen and oxygen atoms in total. The molecule has 90 valence electrons. The Hall–Kier alpha value is -1.36. The molecule has 1 aromatic rings. The maximum atomic E-state index is 11.5. The number of hydrogen-bond donors (Lipinski definition) is 2. The zero-order chi connectivity index (χ0) is 12.1. The fraction of sp³-hybridized carbons (Fsp3) is 0.636. The van der Waals surface area contributed by atoms with Gasteiger partial charge >= 0.3 is 0 Å². The van der Waals surface area contributed by atoms with Crippen molar-refractivity contribution in [3.8, 4) is 0 Å². The maximum absolute atomic E-state index is 11.5. The van der Waals surface area contributed by atoms with Crippen LogP contribution >= 0.6 is 0 Å². The molecule has 1 aromatic heterocycles. The molecule has 0 amide bonds. The number of aromatic amines is 1. The van der Waals surface area contributed by atoms with Gasteiger partial charge in [-0.05, 0) is 7.05 Å². The van der Waals surface area contributed by atoms with Crippen LogP contribution < -0.4 is 15.8 Å². The van der Waals surface area contributed by atoms with Crippen LogP contribution in [0.15, 0.2) is 10.9 Å². The lowest BCUT2D eigenvalue weighted by atomic mass is 10.2. The van der Waals surface area contributed by atoms with Crippen molar-refractivity contribution in [1.29, 1.82) is 0 Å². The molecule has 0 aliphatic carbocycles. The second kappa shape index (κ2) is 5.65. The predicted octanol–water partition coefficient (Wildman–Crippen LogP) is 0.549. The molecule has 16 heavy (non-hydrogen) atoms. The van der Waals surface area contributed by atoms with Crippen LogP contribution in [0, 0.1) is 0 Å². The zero-order valence-electron chi connectivity index (χ0n) is 10.4. The standard InChI is InChI=1S/C11H20N4O/c1-8(2)11-13-9(7-10(16)14-11)15(4)6-5-12-3/h7-8,12H,5-6H2,1-4H3,(H,13,14,16). The third kappa shape index (κ3) is 3.34. The number of aromatic nitrogens is 2. The van der Waals surface area contributed by atoms with Gasteiger partial charge in [0.1, 0.15) is 11.6 Å². The van der Waals surface area contributed by atoms with Gasteiger partial charge in [-0.2, -0.15) is 0 Å². The van der Waals surface area contributed by atoms with Crippen molar-refractivity contribution in [3.63, 3.8) is 0 Å². The van der Waals surface area contributed by atoms with Crippen molar-refractivity contribution in [3.05, 3.63) is 22.2 Å². The van der Waals surface area contributed by atoms with Crippen LogP contribution in [0.4, 0.5) is 5.82 Å². The molecule has 0 fully saturated rings. The summed E-state index contributed by atoms with van der Waals surface area (Å²) in [5, 5.41) is 3.06. The van der Waals surface area contributed by atoms with Crippen molar-refractivity contribution in [2.24, 2.45) is 0 Å². The van der Waals surface area contributed by atoms with Crippen LogP contribution in [-0.4, -0.2) is 37.2 Å². The first-order valence-electron chi connectivity index (χ1n) is 5.51. The number of nitrogens with one attached hydrogen (secondary N) is 2. The van der Waals surface area contributed by atoms with E-state index in [2.05, 4.69) is 15.3 Å². The lowest BCUT2D eigenvalue weighted by Crippen LogP contribution is -2.29. The Morgan fingerprint density at radius 2 is 2.25 bits per heavy atom. The molecule has 0 aromatic carbocycles. The lowest BCUT2D eigenvalue weighted by molar-refractivity contribution is 0.734. The minimum Gasteiger partial charge on any atom is -0.358 e. The highest BCUT2D eigenvalue weighted by Crippen LogP contribution is 2.11. The number of likely N-dealkylation sites (N-methyl/N-ethyl adjacent to an activating group) is 2. The van der Waals surface area contributed by atoms with E-state index in [9.17, 15) is 4.79 Å². The third-order valence-electron chi connectivity index (χ3n) is 2.38. The van der Waals surface area contributed by atoms with Gasteiger partial charge in [-0.25, -0.2) is 4.98 Å². The Balaban J connectivity index is 2.91. The van der Waals surface area contributed by atoms with E-state index >= 15 is 0 Å². The molecule has 0 spiro atoms. The van der Waals surface area contributed by atoms with Gasteiger partial charge in [0.25, 0.3) is 5.56 Å². The highest BCUT2D eigenvalue weighted by molar-refractivity contribution is 5.36.